The number of nitrogens with one attached hydrogen (secondary N) is 3. The molecule has 4 aromatic rings. The van der Waals surface area contributed by atoms with E-state index in [1.807, 2.05) is 84.9 Å². The van der Waals surface area contributed by atoms with Gasteiger partial charge in [-0.2, -0.15) is 0 Å². The van der Waals surface area contributed by atoms with Gasteiger partial charge in [-0.3, -0.25) is 4.79 Å². The topological polar surface area (TPSA) is 110 Å². The van der Waals surface area contributed by atoms with Gasteiger partial charge in [0.1, 0.15) is 25.3 Å². The molecular weight excluding hydrogens is 470 g/mol. The summed E-state index contributed by atoms with van der Waals surface area (Å²) in [6, 6.07) is 24.3. The Morgan fingerprint density at radius 1 is 0.784 bits per heavy atom. The number of aromatic nitrogens is 1. The minimum atomic E-state index is -0.980. The molecule has 8 heteroatoms. The fraction of sp³-hybridized carbons (Fsp3) is 0.207. The van der Waals surface area contributed by atoms with Crippen molar-refractivity contribution in [1.82, 2.24) is 15.6 Å². The van der Waals surface area contributed by atoms with Crippen LogP contribution in [0.3, 0.4) is 0 Å². The average molecular weight is 500 g/mol. The number of benzene rings is 3. The zero-order chi connectivity index (χ0) is 26.0. The third-order valence-corrected chi connectivity index (χ3v) is 5.86. The Balaban J connectivity index is 1.41. The second kappa shape index (κ2) is 12.4. The number of rotatable bonds is 10. The van der Waals surface area contributed by atoms with Crippen molar-refractivity contribution in [2.75, 3.05) is 0 Å². The maximum absolute atomic E-state index is 13.2. The third kappa shape index (κ3) is 7.20. The number of hydrogen-bond acceptors (Lipinski definition) is 5. The van der Waals surface area contributed by atoms with Gasteiger partial charge in [0.2, 0.25) is 5.91 Å². The van der Waals surface area contributed by atoms with Crippen LogP contribution in [0.1, 0.15) is 23.6 Å². The summed E-state index contributed by atoms with van der Waals surface area (Å²) in [5, 5.41) is 6.25. The standard InChI is InChI=1S/C29H29N3O5/c1-20(28(34)36-18-21-10-4-2-5-11-21)31-27(33)26(16-23-17-30-25-15-9-8-14-24(23)25)32-29(35)37-19-22-12-6-3-7-13-22/h2-15,17,20,26,30H,16,18-19H2,1H3,(H,31,33)(H,32,35)/t20-,26-/m1/s1. The van der Waals surface area contributed by atoms with E-state index in [0.29, 0.717) is 0 Å². The highest BCUT2D eigenvalue weighted by Gasteiger charge is 2.27. The van der Waals surface area contributed by atoms with Crippen molar-refractivity contribution in [2.45, 2.75) is 38.6 Å². The van der Waals surface area contributed by atoms with Crippen molar-refractivity contribution in [2.24, 2.45) is 0 Å². The molecule has 3 aromatic carbocycles. The van der Waals surface area contributed by atoms with Gasteiger partial charge in [0.25, 0.3) is 0 Å². The number of fused-ring (bicyclic) bond motifs is 1. The van der Waals surface area contributed by atoms with Crippen LogP contribution >= 0.6 is 0 Å². The number of hydrogen-bond donors (Lipinski definition) is 3. The first-order valence-electron chi connectivity index (χ1n) is 12.0. The summed E-state index contributed by atoms with van der Waals surface area (Å²) in [6.07, 6.45) is 1.27. The highest BCUT2D eigenvalue weighted by atomic mass is 16.5. The number of H-pyrrole nitrogens is 1. The van der Waals surface area contributed by atoms with E-state index in [-0.39, 0.29) is 19.6 Å². The summed E-state index contributed by atoms with van der Waals surface area (Å²) in [6.45, 7) is 1.71. The van der Waals surface area contributed by atoms with E-state index in [2.05, 4.69) is 15.6 Å². The zero-order valence-corrected chi connectivity index (χ0v) is 20.5. The largest absolute Gasteiger partial charge is 0.459 e. The Bertz CT molecular complexity index is 1340. The van der Waals surface area contributed by atoms with Crippen LogP contribution in [-0.4, -0.2) is 35.0 Å². The molecule has 190 valence electrons. The molecule has 0 aliphatic carbocycles. The lowest BCUT2D eigenvalue weighted by Crippen LogP contribution is -2.52. The van der Waals surface area contributed by atoms with E-state index in [1.165, 1.54) is 0 Å². The second-order valence-electron chi connectivity index (χ2n) is 8.65. The Labute approximate surface area is 215 Å². The molecule has 4 rings (SSSR count). The summed E-state index contributed by atoms with van der Waals surface area (Å²) >= 11 is 0. The summed E-state index contributed by atoms with van der Waals surface area (Å²) < 4.78 is 10.7. The number of amides is 2. The van der Waals surface area contributed by atoms with Gasteiger partial charge in [-0.1, -0.05) is 78.9 Å². The number of esters is 1. The Kier molecular flexibility index (Phi) is 8.54. The minimum Gasteiger partial charge on any atom is -0.459 e. The Hall–Kier alpha value is -4.59. The minimum absolute atomic E-state index is 0.0658. The molecule has 3 N–H and O–H groups in total. The van der Waals surface area contributed by atoms with Crippen molar-refractivity contribution in [3.8, 4) is 0 Å². The van der Waals surface area contributed by atoms with Crippen LogP contribution in [0.25, 0.3) is 10.9 Å². The van der Waals surface area contributed by atoms with Crippen LogP contribution in [0.5, 0.6) is 0 Å². The number of alkyl carbamates (subject to hydrolysis) is 1. The van der Waals surface area contributed by atoms with Crippen LogP contribution in [0.15, 0.2) is 91.1 Å². The fourth-order valence-electron chi connectivity index (χ4n) is 3.86. The van der Waals surface area contributed by atoms with Gasteiger partial charge < -0.3 is 25.1 Å². The smallest absolute Gasteiger partial charge is 0.408 e. The molecule has 8 nitrogen and oxygen atoms in total. The monoisotopic (exact) mass is 499 g/mol. The van der Waals surface area contributed by atoms with Gasteiger partial charge in [-0.05, 0) is 29.7 Å². The molecule has 0 radical (unpaired) electrons. The highest BCUT2D eigenvalue weighted by Crippen LogP contribution is 2.19. The number of aromatic amines is 1. The van der Waals surface area contributed by atoms with E-state index >= 15 is 0 Å². The van der Waals surface area contributed by atoms with Crippen molar-refractivity contribution >= 4 is 28.9 Å². The molecule has 0 unspecified atom stereocenters. The van der Waals surface area contributed by atoms with Crippen molar-refractivity contribution in [3.05, 3.63) is 108 Å². The number of ether oxygens (including phenoxy) is 2. The molecule has 0 bridgehead atoms. The van der Waals surface area contributed by atoms with E-state index in [1.54, 1.807) is 13.1 Å². The van der Waals surface area contributed by atoms with Gasteiger partial charge in [0, 0.05) is 23.5 Å². The molecule has 0 aliphatic rings. The fourth-order valence-corrected chi connectivity index (χ4v) is 3.86. The van der Waals surface area contributed by atoms with Crippen molar-refractivity contribution in [3.63, 3.8) is 0 Å². The lowest BCUT2D eigenvalue weighted by atomic mass is 10.0. The lowest BCUT2D eigenvalue weighted by molar-refractivity contribution is -0.148. The molecule has 2 amide bonds. The van der Waals surface area contributed by atoms with Crippen molar-refractivity contribution < 1.29 is 23.9 Å². The quantitative estimate of drug-likeness (QED) is 0.283. The van der Waals surface area contributed by atoms with Crippen LogP contribution < -0.4 is 10.6 Å². The van der Waals surface area contributed by atoms with Crippen LogP contribution in [-0.2, 0) is 38.7 Å². The third-order valence-electron chi connectivity index (χ3n) is 5.86. The van der Waals surface area contributed by atoms with Crippen LogP contribution in [0.2, 0.25) is 0 Å². The Morgan fingerprint density at radius 3 is 2.05 bits per heavy atom. The first kappa shape index (κ1) is 25.5. The first-order valence-corrected chi connectivity index (χ1v) is 12.0. The van der Waals surface area contributed by atoms with Gasteiger partial charge in [-0.15, -0.1) is 0 Å². The number of para-hydroxylation sites is 1. The van der Waals surface area contributed by atoms with Crippen molar-refractivity contribution in [1.29, 1.82) is 0 Å². The second-order valence-corrected chi connectivity index (χ2v) is 8.65. The highest BCUT2D eigenvalue weighted by molar-refractivity contribution is 5.91. The molecule has 1 heterocycles. The lowest BCUT2D eigenvalue weighted by Gasteiger charge is -2.21. The van der Waals surface area contributed by atoms with E-state index < -0.39 is 30.1 Å². The normalized spacial score (nSPS) is 12.4. The molecule has 1 aromatic heterocycles. The SMILES string of the molecule is C[C@@H](NC(=O)[C@@H](Cc1c[nH]c2ccccc12)NC(=O)OCc1ccccc1)C(=O)OCc1ccccc1. The van der Waals surface area contributed by atoms with Gasteiger partial charge in [0.15, 0.2) is 0 Å². The average Bonchev–Trinajstić information content (AvgIpc) is 3.34. The van der Waals surface area contributed by atoms with Gasteiger partial charge in [-0.25, -0.2) is 9.59 Å². The van der Waals surface area contributed by atoms with E-state index in [0.717, 1.165) is 27.6 Å². The van der Waals surface area contributed by atoms with E-state index in [4.69, 9.17) is 9.47 Å². The molecular formula is C29H29N3O5. The van der Waals surface area contributed by atoms with Crippen LogP contribution in [0.4, 0.5) is 4.79 Å². The maximum Gasteiger partial charge on any atom is 0.408 e. The number of carbonyl (C=O) groups is 3. The summed E-state index contributed by atoms with van der Waals surface area (Å²) in [5.41, 5.74) is 3.43. The molecule has 0 fully saturated rings. The molecule has 0 spiro atoms. The van der Waals surface area contributed by atoms with Gasteiger partial charge >= 0.3 is 12.1 Å². The van der Waals surface area contributed by atoms with E-state index in [9.17, 15) is 14.4 Å². The summed E-state index contributed by atoms with van der Waals surface area (Å²) in [4.78, 5) is 41.5. The maximum atomic E-state index is 13.2. The zero-order valence-electron chi connectivity index (χ0n) is 20.5. The molecule has 0 saturated carbocycles. The van der Waals surface area contributed by atoms with Gasteiger partial charge in [0.05, 0.1) is 0 Å². The van der Waals surface area contributed by atoms with Crippen LogP contribution in [0, 0.1) is 0 Å². The predicted molar refractivity (Wildman–Crippen MR) is 139 cm³/mol. The first-order chi connectivity index (χ1) is 18.0. The number of carbonyl (C=O) groups excluding carboxylic acids is 3. The predicted octanol–water partition coefficient (Wildman–Crippen LogP) is 4.25. The summed E-state index contributed by atoms with van der Waals surface area (Å²) in [7, 11) is 0. The molecule has 37 heavy (non-hydrogen) atoms. The molecule has 0 saturated heterocycles. The molecule has 2 atom stereocenters. The Morgan fingerprint density at radius 2 is 1.38 bits per heavy atom. The summed E-state index contributed by atoms with van der Waals surface area (Å²) in [5.74, 6) is -1.10. The molecule has 0 aliphatic heterocycles.